The number of nitrogen functional groups attached to an aromatic ring is 1. The number of rotatable bonds is 4. The zero-order chi connectivity index (χ0) is 16.9. The third-order valence-corrected chi connectivity index (χ3v) is 3.14. The van der Waals surface area contributed by atoms with Crippen LogP contribution in [0.2, 0.25) is 0 Å². The minimum absolute atomic E-state index is 0.168. The summed E-state index contributed by atoms with van der Waals surface area (Å²) in [5, 5.41) is 15.6. The van der Waals surface area contributed by atoms with Crippen molar-refractivity contribution in [3.8, 4) is 0 Å². The van der Waals surface area contributed by atoms with Gasteiger partial charge in [0, 0.05) is 5.69 Å². The SMILES string of the molecule is Cc1cccc(C(=NOCc2cccc(N)n2)n2nnnc2C)n1. The van der Waals surface area contributed by atoms with E-state index in [4.69, 9.17) is 10.6 Å². The predicted molar refractivity (Wildman–Crippen MR) is 86.9 cm³/mol. The second kappa shape index (κ2) is 6.82. The molecule has 2 N–H and O–H groups in total. The minimum atomic E-state index is 0.168. The molecule has 0 bridgehead atoms. The molecule has 9 nitrogen and oxygen atoms in total. The third kappa shape index (κ3) is 3.51. The summed E-state index contributed by atoms with van der Waals surface area (Å²) < 4.78 is 1.47. The number of hydrogen-bond donors (Lipinski definition) is 1. The van der Waals surface area contributed by atoms with Crippen molar-refractivity contribution >= 4 is 11.7 Å². The molecule has 0 aliphatic rings. The van der Waals surface area contributed by atoms with Gasteiger partial charge in [0.1, 0.15) is 11.5 Å². The molecule has 0 saturated carbocycles. The second-order valence-electron chi connectivity index (χ2n) is 5.04. The van der Waals surface area contributed by atoms with Crippen LogP contribution >= 0.6 is 0 Å². The van der Waals surface area contributed by atoms with E-state index in [0.717, 1.165) is 5.69 Å². The molecule has 0 atom stereocenters. The van der Waals surface area contributed by atoms with Gasteiger partial charge in [0.15, 0.2) is 12.4 Å². The smallest absolute Gasteiger partial charge is 0.221 e. The van der Waals surface area contributed by atoms with Gasteiger partial charge in [-0.3, -0.25) is 0 Å². The summed E-state index contributed by atoms with van der Waals surface area (Å²) >= 11 is 0. The monoisotopic (exact) mass is 324 g/mol. The lowest BCUT2D eigenvalue weighted by Crippen LogP contribution is -2.19. The summed E-state index contributed by atoms with van der Waals surface area (Å²) in [6.45, 7) is 3.83. The first kappa shape index (κ1) is 15.5. The number of hydrogen-bond acceptors (Lipinski definition) is 8. The number of anilines is 1. The van der Waals surface area contributed by atoms with Crippen LogP contribution in [0, 0.1) is 13.8 Å². The van der Waals surface area contributed by atoms with Gasteiger partial charge in [-0.25, -0.2) is 9.97 Å². The average Bonchev–Trinajstić information content (AvgIpc) is 2.97. The van der Waals surface area contributed by atoms with Gasteiger partial charge in [0.25, 0.3) is 0 Å². The van der Waals surface area contributed by atoms with Crippen LogP contribution in [0.15, 0.2) is 41.6 Å². The Morgan fingerprint density at radius 1 is 1.17 bits per heavy atom. The molecule has 0 radical (unpaired) electrons. The van der Waals surface area contributed by atoms with Crippen LogP contribution in [-0.4, -0.2) is 36.0 Å². The maximum Gasteiger partial charge on any atom is 0.221 e. The summed E-state index contributed by atoms with van der Waals surface area (Å²) in [4.78, 5) is 14.0. The average molecular weight is 324 g/mol. The van der Waals surface area contributed by atoms with Crippen molar-refractivity contribution < 1.29 is 4.84 Å². The van der Waals surface area contributed by atoms with Crippen LogP contribution in [0.4, 0.5) is 5.82 Å². The molecule has 0 amide bonds. The molecule has 0 fully saturated rings. The Labute approximate surface area is 138 Å². The molecule has 3 aromatic rings. The molecular formula is C15H16N8O. The molecule has 122 valence electrons. The first-order valence-electron chi connectivity index (χ1n) is 7.24. The summed E-state index contributed by atoms with van der Waals surface area (Å²) in [7, 11) is 0. The van der Waals surface area contributed by atoms with Crippen LogP contribution in [-0.2, 0) is 11.4 Å². The van der Waals surface area contributed by atoms with Crippen molar-refractivity contribution in [3.05, 3.63) is 59.3 Å². The molecule has 24 heavy (non-hydrogen) atoms. The van der Waals surface area contributed by atoms with E-state index in [1.54, 1.807) is 25.1 Å². The number of tetrazole rings is 1. The van der Waals surface area contributed by atoms with Crippen molar-refractivity contribution in [2.45, 2.75) is 20.5 Å². The molecular weight excluding hydrogens is 308 g/mol. The van der Waals surface area contributed by atoms with Gasteiger partial charge in [0.2, 0.25) is 5.84 Å². The fourth-order valence-corrected chi connectivity index (χ4v) is 2.03. The second-order valence-corrected chi connectivity index (χ2v) is 5.04. The summed E-state index contributed by atoms with van der Waals surface area (Å²) in [6, 6.07) is 10.9. The molecule has 0 aliphatic heterocycles. The van der Waals surface area contributed by atoms with E-state index in [-0.39, 0.29) is 6.61 Å². The Morgan fingerprint density at radius 3 is 2.71 bits per heavy atom. The van der Waals surface area contributed by atoms with Crippen LogP contribution < -0.4 is 5.73 Å². The van der Waals surface area contributed by atoms with Crippen molar-refractivity contribution in [1.82, 2.24) is 30.2 Å². The third-order valence-electron chi connectivity index (χ3n) is 3.14. The van der Waals surface area contributed by atoms with Gasteiger partial charge in [-0.05, 0) is 48.5 Å². The van der Waals surface area contributed by atoms with Gasteiger partial charge >= 0.3 is 0 Å². The predicted octanol–water partition coefficient (Wildman–Crippen LogP) is 1.09. The van der Waals surface area contributed by atoms with Gasteiger partial charge in [0.05, 0.1) is 5.69 Å². The van der Waals surface area contributed by atoms with Crippen LogP contribution in [0.5, 0.6) is 0 Å². The van der Waals surface area contributed by atoms with E-state index in [2.05, 4.69) is 30.6 Å². The van der Waals surface area contributed by atoms with E-state index in [0.29, 0.717) is 28.9 Å². The highest BCUT2D eigenvalue weighted by atomic mass is 16.6. The van der Waals surface area contributed by atoms with Gasteiger partial charge in [-0.1, -0.05) is 17.3 Å². The maximum absolute atomic E-state index is 5.65. The van der Waals surface area contributed by atoms with E-state index in [1.807, 2.05) is 25.1 Å². The maximum atomic E-state index is 5.65. The Morgan fingerprint density at radius 2 is 2.00 bits per heavy atom. The van der Waals surface area contributed by atoms with Crippen molar-refractivity contribution in [2.24, 2.45) is 5.16 Å². The van der Waals surface area contributed by atoms with Crippen LogP contribution in [0.3, 0.4) is 0 Å². The first-order chi connectivity index (χ1) is 11.6. The highest BCUT2D eigenvalue weighted by molar-refractivity contribution is 5.97. The number of oxime groups is 1. The van der Waals surface area contributed by atoms with E-state index < -0.39 is 0 Å². The van der Waals surface area contributed by atoms with Gasteiger partial charge in [-0.2, -0.15) is 4.68 Å². The Hall–Kier alpha value is -3.36. The quantitative estimate of drug-likeness (QED) is 0.433. The number of aromatic nitrogens is 6. The van der Waals surface area contributed by atoms with Crippen molar-refractivity contribution in [2.75, 3.05) is 5.73 Å². The standard InChI is InChI=1S/C15H16N8O/c1-10-5-3-7-13(17-10)15(23-11(2)19-21-22-23)20-24-9-12-6-4-8-14(16)18-12/h3-8H,9H2,1-2H3,(H2,16,18). The molecule has 9 heteroatoms. The first-order valence-corrected chi connectivity index (χ1v) is 7.24. The summed E-state index contributed by atoms with van der Waals surface area (Å²) in [6.07, 6.45) is 0. The molecule has 0 spiro atoms. The highest BCUT2D eigenvalue weighted by Crippen LogP contribution is 2.06. The largest absolute Gasteiger partial charge is 0.387 e. The molecule has 0 saturated heterocycles. The molecule has 0 aromatic carbocycles. The summed E-state index contributed by atoms with van der Waals surface area (Å²) in [5.41, 5.74) is 7.77. The Balaban J connectivity index is 1.88. The zero-order valence-electron chi connectivity index (χ0n) is 13.3. The number of nitrogens with zero attached hydrogens (tertiary/aromatic N) is 7. The molecule has 3 aromatic heterocycles. The number of pyridine rings is 2. The Bertz CT molecular complexity index is 873. The zero-order valence-corrected chi connectivity index (χ0v) is 13.3. The minimum Gasteiger partial charge on any atom is -0.387 e. The molecule has 3 rings (SSSR count). The normalized spacial score (nSPS) is 11.5. The van der Waals surface area contributed by atoms with Gasteiger partial charge in [-0.15, -0.1) is 5.10 Å². The lowest BCUT2D eigenvalue weighted by atomic mass is 10.3. The fraction of sp³-hybridized carbons (Fsp3) is 0.200. The fourth-order valence-electron chi connectivity index (χ4n) is 2.03. The van der Waals surface area contributed by atoms with Gasteiger partial charge < -0.3 is 10.6 Å². The van der Waals surface area contributed by atoms with E-state index in [1.165, 1.54) is 4.68 Å². The number of aryl methyl sites for hydroxylation is 2. The summed E-state index contributed by atoms with van der Waals surface area (Å²) in [5.74, 6) is 1.39. The lowest BCUT2D eigenvalue weighted by molar-refractivity contribution is 0.126. The van der Waals surface area contributed by atoms with Crippen molar-refractivity contribution in [3.63, 3.8) is 0 Å². The van der Waals surface area contributed by atoms with Crippen molar-refractivity contribution in [1.29, 1.82) is 0 Å². The van der Waals surface area contributed by atoms with Crippen LogP contribution in [0.1, 0.15) is 22.9 Å². The molecule has 0 unspecified atom stereocenters. The number of nitrogens with two attached hydrogens (primary N) is 1. The Kier molecular flexibility index (Phi) is 4.41. The topological polar surface area (TPSA) is 117 Å². The molecule has 0 aliphatic carbocycles. The van der Waals surface area contributed by atoms with E-state index in [9.17, 15) is 0 Å². The van der Waals surface area contributed by atoms with Crippen LogP contribution in [0.25, 0.3) is 0 Å². The highest BCUT2D eigenvalue weighted by Gasteiger charge is 2.14. The molecule has 3 heterocycles. The van der Waals surface area contributed by atoms with E-state index >= 15 is 0 Å². The lowest BCUT2D eigenvalue weighted by Gasteiger charge is -2.07.